The summed E-state index contributed by atoms with van der Waals surface area (Å²) in [6, 6.07) is 8.03. The second-order valence-electron chi connectivity index (χ2n) is 5.68. The van der Waals surface area contributed by atoms with E-state index in [1.165, 1.54) is 5.56 Å². The van der Waals surface area contributed by atoms with Gasteiger partial charge in [-0.1, -0.05) is 18.2 Å². The van der Waals surface area contributed by atoms with Crippen LogP contribution in [0.15, 0.2) is 24.3 Å². The van der Waals surface area contributed by atoms with Crippen LogP contribution in [0.4, 0.5) is 0 Å². The fourth-order valence-corrected chi connectivity index (χ4v) is 3.04. The summed E-state index contributed by atoms with van der Waals surface area (Å²) in [5.74, 6) is 1.23. The molecule has 21 heavy (non-hydrogen) atoms. The van der Waals surface area contributed by atoms with Crippen LogP contribution in [0.1, 0.15) is 30.7 Å². The van der Waals surface area contributed by atoms with E-state index in [2.05, 4.69) is 11.4 Å². The lowest BCUT2D eigenvalue weighted by molar-refractivity contribution is -0.131. The second-order valence-corrected chi connectivity index (χ2v) is 5.68. The van der Waals surface area contributed by atoms with Gasteiger partial charge in [0.05, 0.1) is 12.7 Å². The van der Waals surface area contributed by atoms with Gasteiger partial charge in [-0.2, -0.15) is 0 Å². The molecule has 114 valence electrons. The minimum absolute atomic E-state index is 0.0186. The van der Waals surface area contributed by atoms with Crippen molar-refractivity contribution < 1.29 is 14.3 Å². The Kier molecular flexibility index (Phi) is 4.41. The third-order valence-corrected chi connectivity index (χ3v) is 4.27. The number of nitrogens with one attached hydrogen (secondary N) is 1. The molecule has 0 bridgehead atoms. The highest BCUT2D eigenvalue weighted by Crippen LogP contribution is 2.32. The average Bonchev–Trinajstić information content (AvgIpc) is 3.01. The molecule has 5 nitrogen and oxygen atoms in total. The molecular weight excluding hydrogens is 268 g/mol. The maximum atomic E-state index is 12.2. The maximum absolute atomic E-state index is 12.2. The summed E-state index contributed by atoms with van der Waals surface area (Å²) in [5.41, 5.74) is 6.75. The Balaban J connectivity index is 1.55. The molecule has 2 aliphatic heterocycles. The first-order valence-corrected chi connectivity index (χ1v) is 7.63. The highest BCUT2D eigenvalue weighted by Gasteiger charge is 2.30. The van der Waals surface area contributed by atoms with Crippen LogP contribution in [0.5, 0.6) is 5.75 Å². The van der Waals surface area contributed by atoms with Gasteiger partial charge in [-0.05, 0) is 30.9 Å². The lowest BCUT2D eigenvalue weighted by Crippen LogP contribution is -2.38. The zero-order valence-electron chi connectivity index (χ0n) is 12.1. The first-order chi connectivity index (χ1) is 10.3. The summed E-state index contributed by atoms with van der Waals surface area (Å²) in [4.78, 5) is 12.2. The molecule has 1 amide bonds. The zero-order chi connectivity index (χ0) is 14.7. The summed E-state index contributed by atoms with van der Waals surface area (Å²) in [6.45, 7) is 1.82. The largest absolute Gasteiger partial charge is 0.493 e. The summed E-state index contributed by atoms with van der Waals surface area (Å²) in [7, 11) is 0. The van der Waals surface area contributed by atoms with E-state index in [4.69, 9.17) is 15.2 Å². The number of ether oxygens (including phenoxy) is 2. The third kappa shape index (κ3) is 3.19. The number of hydrogen-bond acceptors (Lipinski definition) is 4. The van der Waals surface area contributed by atoms with Crippen molar-refractivity contribution in [1.29, 1.82) is 0 Å². The van der Waals surface area contributed by atoms with E-state index in [1.807, 2.05) is 18.2 Å². The van der Waals surface area contributed by atoms with Crippen molar-refractivity contribution in [2.45, 2.75) is 37.4 Å². The van der Waals surface area contributed by atoms with Gasteiger partial charge in [0, 0.05) is 19.0 Å². The molecule has 0 saturated carbocycles. The first-order valence-electron chi connectivity index (χ1n) is 7.63. The Morgan fingerprint density at radius 1 is 1.29 bits per heavy atom. The molecular formula is C16H22N2O3. The lowest BCUT2D eigenvalue weighted by Gasteiger charge is -2.26. The van der Waals surface area contributed by atoms with Crippen molar-refractivity contribution in [2.75, 3.05) is 19.7 Å². The molecule has 1 aromatic rings. The molecule has 1 unspecified atom stereocenters. The van der Waals surface area contributed by atoms with Crippen LogP contribution in [0.3, 0.4) is 0 Å². The maximum Gasteiger partial charge on any atom is 0.249 e. The fraction of sp³-hybridized carbons (Fsp3) is 0.562. The van der Waals surface area contributed by atoms with E-state index in [-0.39, 0.29) is 18.1 Å². The van der Waals surface area contributed by atoms with E-state index in [0.29, 0.717) is 25.6 Å². The van der Waals surface area contributed by atoms with Gasteiger partial charge < -0.3 is 20.5 Å². The zero-order valence-corrected chi connectivity index (χ0v) is 12.1. The van der Waals surface area contributed by atoms with Gasteiger partial charge in [0.25, 0.3) is 0 Å². The van der Waals surface area contributed by atoms with Crippen molar-refractivity contribution >= 4 is 5.91 Å². The van der Waals surface area contributed by atoms with Crippen LogP contribution in [-0.4, -0.2) is 37.8 Å². The van der Waals surface area contributed by atoms with Crippen molar-refractivity contribution in [2.24, 2.45) is 5.73 Å². The van der Waals surface area contributed by atoms with Crippen LogP contribution in [-0.2, 0) is 9.53 Å². The van der Waals surface area contributed by atoms with Crippen LogP contribution < -0.4 is 15.8 Å². The van der Waals surface area contributed by atoms with Crippen molar-refractivity contribution in [3.63, 3.8) is 0 Å². The van der Waals surface area contributed by atoms with Crippen molar-refractivity contribution in [3.8, 4) is 5.75 Å². The Hall–Kier alpha value is -1.59. The summed E-state index contributed by atoms with van der Waals surface area (Å²) in [6.07, 6.45) is 2.25. The molecule has 0 aliphatic carbocycles. The van der Waals surface area contributed by atoms with Gasteiger partial charge >= 0.3 is 0 Å². The summed E-state index contributed by atoms with van der Waals surface area (Å²) < 4.78 is 11.3. The highest BCUT2D eigenvalue weighted by molar-refractivity contribution is 5.81. The fourth-order valence-electron chi connectivity index (χ4n) is 3.04. The second kappa shape index (κ2) is 6.45. The monoisotopic (exact) mass is 290 g/mol. The molecule has 3 atom stereocenters. The summed E-state index contributed by atoms with van der Waals surface area (Å²) in [5, 5.41) is 3.02. The molecule has 0 aromatic heterocycles. The van der Waals surface area contributed by atoms with E-state index >= 15 is 0 Å². The standard InChI is InChI=1S/C16H22N2O3/c17-9-12-5-6-15(21-12)16(19)18-10-11-7-8-20-14-4-2-1-3-13(11)14/h1-4,11-12,15H,5-10,17H2,(H,18,19)/t11?,12-,15+/m1/s1. The van der Waals surface area contributed by atoms with E-state index in [1.54, 1.807) is 0 Å². The van der Waals surface area contributed by atoms with Gasteiger partial charge in [0.2, 0.25) is 5.91 Å². The molecule has 1 aromatic carbocycles. The molecule has 2 aliphatic rings. The van der Waals surface area contributed by atoms with Crippen LogP contribution in [0.2, 0.25) is 0 Å². The lowest BCUT2D eigenvalue weighted by atomic mass is 9.93. The van der Waals surface area contributed by atoms with Crippen molar-refractivity contribution in [3.05, 3.63) is 29.8 Å². The molecule has 0 spiro atoms. The molecule has 1 saturated heterocycles. The number of fused-ring (bicyclic) bond motifs is 1. The van der Waals surface area contributed by atoms with Gasteiger partial charge in [0.1, 0.15) is 11.9 Å². The SMILES string of the molecule is NC[C@H]1CC[C@@H](C(=O)NCC2CCOc3ccccc32)O1. The van der Waals surface area contributed by atoms with Gasteiger partial charge in [-0.15, -0.1) is 0 Å². The Bertz CT molecular complexity index is 506. The Labute approximate surface area is 124 Å². The third-order valence-electron chi connectivity index (χ3n) is 4.27. The molecule has 1 fully saturated rings. The number of hydrogen-bond donors (Lipinski definition) is 2. The molecule has 3 rings (SSSR count). The number of carbonyl (C=O) groups excluding carboxylic acids is 1. The van der Waals surface area contributed by atoms with E-state index in [0.717, 1.165) is 25.0 Å². The number of rotatable bonds is 4. The minimum Gasteiger partial charge on any atom is -0.493 e. The van der Waals surface area contributed by atoms with Gasteiger partial charge in [0.15, 0.2) is 0 Å². The van der Waals surface area contributed by atoms with Gasteiger partial charge in [-0.3, -0.25) is 4.79 Å². The predicted molar refractivity (Wildman–Crippen MR) is 79.3 cm³/mol. The number of amides is 1. The van der Waals surface area contributed by atoms with Crippen LogP contribution in [0, 0.1) is 0 Å². The number of carbonyl (C=O) groups is 1. The summed E-state index contributed by atoms with van der Waals surface area (Å²) >= 11 is 0. The number of benzene rings is 1. The highest BCUT2D eigenvalue weighted by atomic mass is 16.5. The smallest absolute Gasteiger partial charge is 0.249 e. The van der Waals surface area contributed by atoms with E-state index in [9.17, 15) is 4.79 Å². The van der Waals surface area contributed by atoms with Crippen LogP contribution in [0.25, 0.3) is 0 Å². The topological polar surface area (TPSA) is 73.6 Å². The minimum atomic E-state index is -0.339. The number of nitrogens with two attached hydrogens (primary N) is 1. The first kappa shape index (κ1) is 14.4. The Morgan fingerprint density at radius 2 is 2.14 bits per heavy atom. The number of para-hydroxylation sites is 1. The van der Waals surface area contributed by atoms with Gasteiger partial charge in [-0.25, -0.2) is 0 Å². The van der Waals surface area contributed by atoms with Crippen molar-refractivity contribution in [1.82, 2.24) is 5.32 Å². The Morgan fingerprint density at radius 3 is 2.95 bits per heavy atom. The molecule has 0 radical (unpaired) electrons. The molecule has 2 heterocycles. The quantitative estimate of drug-likeness (QED) is 0.873. The average molecular weight is 290 g/mol. The molecule has 3 N–H and O–H groups in total. The van der Waals surface area contributed by atoms with Crippen LogP contribution >= 0.6 is 0 Å². The normalized spacial score (nSPS) is 27.8. The van der Waals surface area contributed by atoms with E-state index < -0.39 is 0 Å². The molecule has 5 heteroatoms. The predicted octanol–water partition coefficient (Wildman–Crippen LogP) is 1.18.